The molecule has 0 bridgehead atoms. The van der Waals surface area contributed by atoms with Crippen molar-refractivity contribution in [1.82, 2.24) is 4.98 Å². The van der Waals surface area contributed by atoms with Crippen LogP contribution in [-0.4, -0.2) is 28.8 Å². The SMILES string of the molecule is OCc1ccc(OCC(F)(F)C(F)(F)F)nc1. The van der Waals surface area contributed by atoms with E-state index in [9.17, 15) is 22.0 Å². The minimum absolute atomic E-state index is 0.314. The van der Waals surface area contributed by atoms with Gasteiger partial charge in [0.15, 0.2) is 6.61 Å². The summed E-state index contributed by atoms with van der Waals surface area (Å²) < 4.78 is 64.4. The fourth-order valence-corrected chi connectivity index (χ4v) is 0.836. The van der Waals surface area contributed by atoms with E-state index in [4.69, 9.17) is 5.11 Å². The molecule has 0 saturated carbocycles. The Morgan fingerprint density at radius 2 is 1.82 bits per heavy atom. The van der Waals surface area contributed by atoms with E-state index in [1.165, 1.54) is 6.07 Å². The average Bonchev–Trinajstić information content (AvgIpc) is 2.25. The molecule has 0 aromatic carbocycles. The minimum atomic E-state index is -5.65. The second-order valence-electron chi connectivity index (χ2n) is 3.15. The molecular formula is C9H8F5NO2. The van der Waals surface area contributed by atoms with Crippen LogP contribution in [0.2, 0.25) is 0 Å². The fourth-order valence-electron chi connectivity index (χ4n) is 0.836. The number of aliphatic hydroxyl groups is 1. The molecule has 17 heavy (non-hydrogen) atoms. The molecule has 0 unspecified atom stereocenters. The van der Waals surface area contributed by atoms with E-state index in [2.05, 4.69) is 9.72 Å². The Labute approximate surface area is 92.8 Å². The predicted octanol–water partition coefficient (Wildman–Crippen LogP) is 2.15. The fraction of sp³-hybridized carbons (Fsp3) is 0.444. The molecule has 0 saturated heterocycles. The van der Waals surface area contributed by atoms with Gasteiger partial charge in [-0.2, -0.15) is 22.0 Å². The van der Waals surface area contributed by atoms with Crippen molar-refractivity contribution in [3.05, 3.63) is 23.9 Å². The van der Waals surface area contributed by atoms with Gasteiger partial charge in [0.05, 0.1) is 6.61 Å². The van der Waals surface area contributed by atoms with Gasteiger partial charge in [0.1, 0.15) is 0 Å². The maximum Gasteiger partial charge on any atom is 0.456 e. The van der Waals surface area contributed by atoms with E-state index >= 15 is 0 Å². The van der Waals surface area contributed by atoms with Crippen molar-refractivity contribution in [3.63, 3.8) is 0 Å². The highest BCUT2D eigenvalue weighted by atomic mass is 19.4. The summed E-state index contributed by atoms with van der Waals surface area (Å²) in [7, 11) is 0. The molecule has 3 nitrogen and oxygen atoms in total. The van der Waals surface area contributed by atoms with Gasteiger partial charge in [-0.1, -0.05) is 0 Å². The first kappa shape index (κ1) is 13.6. The Bertz CT molecular complexity index is 363. The number of ether oxygens (including phenoxy) is 1. The smallest absolute Gasteiger partial charge is 0.456 e. The normalized spacial score (nSPS) is 12.6. The lowest BCUT2D eigenvalue weighted by Crippen LogP contribution is -2.41. The van der Waals surface area contributed by atoms with Crippen LogP contribution in [0.3, 0.4) is 0 Å². The van der Waals surface area contributed by atoms with Crippen molar-refractivity contribution < 1.29 is 31.8 Å². The number of aliphatic hydroxyl groups excluding tert-OH is 1. The molecule has 0 spiro atoms. The molecule has 0 aliphatic heterocycles. The maximum atomic E-state index is 12.4. The monoisotopic (exact) mass is 257 g/mol. The van der Waals surface area contributed by atoms with E-state index in [0.29, 0.717) is 5.56 Å². The van der Waals surface area contributed by atoms with Crippen molar-refractivity contribution in [2.45, 2.75) is 18.7 Å². The lowest BCUT2D eigenvalue weighted by molar-refractivity contribution is -0.290. The molecule has 8 heteroatoms. The van der Waals surface area contributed by atoms with Crippen molar-refractivity contribution in [1.29, 1.82) is 0 Å². The van der Waals surface area contributed by atoms with Gasteiger partial charge in [-0.05, 0) is 11.6 Å². The molecule has 0 radical (unpaired) electrons. The van der Waals surface area contributed by atoms with Gasteiger partial charge in [0.25, 0.3) is 0 Å². The summed E-state index contributed by atoms with van der Waals surface area (Å²) >= 11 is 0. The zero-order valence-electron chi connectivity index (χ0n) is 8.34. The lowest BCUT2D eigenvalue weighted by Gasteiger charge is -2.19. The Morgan fingerprint density at radius 3 is 2.24 bits per heavy atom. The van der Waals surface area contributed by atoms with Crippen LogP contribution < -0.4 is 4.74 Å². The topological polar surface area (TPSA) is 42.4 Å². The van der Waals surface area contributed by atoms with Crippen LogP contribution in [0, 0.1) is 0 Å². The molecule has 96 valence electrons. The lowest BCUT2D eigenvalue weighted by atomic mass is 10.3. The third kappa shape index (κ3) is 3.52. The highest BCUT2D eigenvalue weighted by Crippen LogP contribution is 2.35. The molecule has 0 amide bonds. The molecule has 1 rings (SSSR count). The van der Waals surface area contributed by atoms with Crippen LogP contribution in [0.4, 0.5) is 22.0 Å². The summed E-state index contributed by atoms with van der Waals surface area (Å²) in [5, 5.41) is 8.64. The first-order valence-electron chi connectivity index (χ1n) is 4.39. The maximum absolute atomic E-state index is 12.4. The molecule has 0 aliphatic rings. The van der Waals surface area contributed by atoms with Crippen LogP contribution in [0.25, 0.3) is 0 Å². The molecule has 0 aliphatic carbocycles. The van der Waals surface area contributed by atoms with Gasteiger partial charge in [0, 0.05) is 12.3 Å². The Morgan fingerprint density at radius 1 is 1.18 bits per heavy atom. The zero-order chi connectivity index (χ0) is 13.1. The Balaban J connectivity index is 2.61. The second kappa shape index (κ2) is 4.82. The van der Waals surface area contributed by atoms with Gasteiger partial charge < -0.3 is 9.84 Å². The van der Waals surface area contributed by atoms with Crippen LogP contribution in [-0.2, 0) is 6.61 Å². The van der Waals surface area contributed by atoms with Crippen LogP contribution in [0.1, 0.15) is 5.56 Å². The van der Waals surface area contributed by atoms with Crippen LogP contribution in [0.5, 0.6) is 5.88 Å². The summed E-state index contributed by atoms with van der Waals surface area (Å²) in [5.74, 6) is -5.30. The number of nitrogens with zero attached hydrogens (tertiary/aromatic N) is 1. The number of halogens is 5. The largest absolute Gasteiger partial charge is 0.471 e. The van der Waals surface area contributed by atoms with Gasteiger partial charge in [-0.25, -0.2) is 4.98 Å². The first-order valence-corrected chi connectivity index (χ1v) is 4.39. The van der Waals surface area contributed by atoms with Gasteiger partial charge >= 0.3 is 12.1 Å². The van der Waals surface area contributed by atoms with Crippen LogP contribution in [0.15, 0.2) is 18.3 Å². The summed E-state index contributed by atoms with van der Waals surface area (Å²) in [6.07, 6.45) is -4.54. The summed E-state index contributed by atoms with van der Waals surface area (Å²) in [4.78, 5) is 3.45. The van der Waals surface area contributed by atoms with Gasteiger partial charge in [-0.3, -0.25) is 0 Å². The minimum Gasteiger partial charge on any atom is -0.471 e. The highest BCUT2D eigenvalue weighted by Gasteiger charge is 2.58. The van der Waals surface area contributed by atoms with Crippen molar-refractivity contribution in [2.24, 2.45) is 0 Å². The quantitative estimate of drug-likeness (QED) is 0.840. The third-order valence-corrected chi connectivity index (χ3v) is 1.80. The van der Waals surface area contributed by atoms with Crippen molar-refractivity contribution in [3.8, 4) is 5.88 Å². The molecular weight excluding hydrogens is 249 g/mol. The van der Waals surface area contributed by atoms with Crippen LogP contribution >= 0.6 is 0 Å². The number of hydrogen-bond donors (Lipinski definition) is 1. The van der Waals surface area contributed by atoms with E-state index in [0.717, 1.165) is 12.3 Å². The molecule has 1 N–H and O–H groups in total. The first-order chi connectivity index (χ1) is 7.76. The zero-order valence-corrected chi connectivity index (χ0v) is 8.34. The molecule has 0 atom stereocenters. The van der Waals surface area contributed by atoms with Crippen molar-refractivity contribution >= 4 is 0 Å². The molecule has 1 aromatic rings. The van der Waals surface area contributed by atoms with Crippen molar-refractivity contribution in [2.75, 3.05) is 6.61 Å². The number of hydrogen-bond acceptors (Lipinski definition) is 3. The molecule has 1 aromatic heterocycles. The molecule has 0 fully saturated rings. The Kier molecular flexibility index (Phi) is 3.87. The van der Waals surface area contributed by atoms with E-state index in [1.807, 2.05) is 0 Å². The van der Waals surface area contributed by atoms with E-state index in [1.54, 1.807) is 0 Å². The highest BCUT2D eigenvalue weighted by molar-refractivity contribution is 5.17. The average molecular weight is 257 g/mol. The number of alkyl halides is 5. The summed E-state index contributed by atoms with van der Waals surface area (Å²) in [6, 6.07) is 2.39. The van der Waals surface area contributed by atoms with E-state index in [-0.39, 0.29) is 12.5 Å². The predicted molar refractivity (Wildman–Crippen MR) is 46.7 cm³/mol. The van der Waals surface area contributed by atoms with E-state index < -0.39 is 18.7 Å². The Hall–Kier alpha value is -1.44. The number of aromatic nitrogens is 1. The molecule has 1 heterocycles. The standard InChI is InChI=1S/C9H8F5NO2/c10-8(11,9(12,13)14)5-17-7-2-1-6(4-16)3-15-7/h1-3,16H,4-5H2. The second-order valence-corrected chi connectivity index (χ2v) is 3.15. The van der Waals surface area contributed by atoms with Gasteiger partial charge in [0.2, 0.25) is 5.88 Å². The number of pyridine rings is 1. The van der Waals surface area contributed by atoms with Gasteiger partial charge in [-0.15, -0.1) is 0 Å². The number of rotatable bonds is 4. The summed E-state index contributed by atoms with van der Waals surface area (Å²) in [5.41, 5.74) is 0.389. The summed E-state index contributed by atoms with van der Waals surface area (Å²) in [6.45, 7) is -2.14. The third-order valence-electron chi connectivity index (χ3n) is 1.80.